The second-order valence-electron chi connectivity index (χ2n) is 7.81. The van der Waals surface area contributed by atoms with Crippen molar-refractivity contribution in [3.8, 4) is 11.5 Å². The highest BCUT2D eigenvalue weighted by atomic mass is 16.7. The first-order valence-corrected chi connectivity index (χ1v) is 10.7. The first kappa shape index (κ1) is 23.0. The van der Waals surface area contributed by atoms with Crippen molar-refractivity contribution in [2.24, 2.45) is 0 Å². The van der Waals surface area contributed by atoms with E-state index in [1.54, 1.807) is 0 Å². The van der Waals surface area contributed by atoms with E-state index in [4.69, 9.17) is 14.2 Å². The van der Waals surface area contributed by atoms with Gasteiger partial charge in [0.1, 0.15) is 0 Å². The molecule has 10 nitrogen and oxygen atoms in total. The van der Waals surface area contributed by atoms with E-state index in [2.05, 4.69) is 5.32 Å². The summed E-state index contributed by atoms with van der Waals surface area (Å²) in [5.74, 6) is -1.88. The molecule has 0 atom stereocenters. The molecule has 0 radical (unpaired) electrons. The summed E-state index contributed by atoms with van der Waals surface area (Å²) in [5, 5.41) is 2.53. The van der Waals surface area contributed by atoms with Crippen molar-refractivity contribution in [2.45, 2.75) is 26.7 Å². The number of unbranched alkanes of at least 4 members (excludes halogenated alkanes) is 1. The molecule has 2 aromatic carbocycles. The normalized spacial score (nSPS) is 13.6. The molecule has 10 heteroatoms. The van der Waals surface area contributed by atoms with Gasteiger partial charge in [0.2, 0.25) is 6.79 Å². The number of rotatable bonds is 8. The molecule has 176 valence electrons. The Labute approximate surface area is 194 Å². The average molecular weight is 466 g/mol. The zero-order valence-corrected chi connectivity index (χ0v) is 18.6. The fraction of sp³-hybridized carbons (Fsp3) is 0.292. The van der Waals surface area contributed by atoms with E-state index in [1.165, 1.54) is 37.3 Å². The monoisotopic (exact) mass is 466 g/mol. The van der Waals surface area contributed by atoms with Crippen LogP contribution in [0.5, 0.6) is 11.5 Å². The average Bonchev–Trinajstić information content (AvgIpc) is 3.37. The van der Waals surface area contributed by atoms with Gasteiger partial charge in [-0.2, -0.15) is 0 Å². The highest BCUT2D eigenvalue weighted by Gasteiger charge is 2.35. The van der Waals surface area contributed by atoms with E-state index in [0.29, 0.717) is 24.5 Å². The molecule has 34 heavy (non-hydrogen) atoms. The minimum Gasteiger partial charge on any atom is -0.454 e. The molecule has 0 aromatic heterocycles. The van der Waals surface area contributed by atoms with Crippen LogP contribution in [-0.2, 0) is 9.53 Å². The number of esters is 1. The first-order valence-electron chi connectivity index (χ1n) is 10.7. The zero-order chi connectivity index (χ0) is 24.4. The second-order valence-corrected chi connectivity index (χ2v) is 7.81. The topological polar surface area (TPSA) is 128 Å². The number of ketones is 1. The Balaban J connectivity index is 1.41. The highest BCUT2D eigenvalue weighted by molar-refractivity contribution is 6.22. The van der Waals surface area contributed by atoms with Gasteiger partial charge < -0.3 is 19.5 Å². The Morgan fingerprint density at radius 2 is 1.74 bits per heavy atom. The molecular formula is C24H22N2O8. The smallest absolute Gasteiger partial charge is 0.338 e. The lowest BCUT2D eigenvalue weighted by atomic mass is 10.1. The molecule has 0 aliphatic carbocycles. The number of Topliss-reactive ketones (excluding diaryl/α,β-unsaturated/α-hetero) is 1. The summed E-state index contributed by atoms with van der Waals surface area (Å²) < 4.78 is 15.6. The summed E-state index contributed by atoms with van der Waals surface area (Å²) in [5.41, 5.74) is 0.823. The largest absolute Gasteiger partial charge is 0.454 e. The number of fused-ring (bicyclic) bond motifs is 2. The summed E-state index contributed by atoms with van der Waals surface area (Å²) in [7, 11) is 0. The Hall–Kier alpha value is -4.21. The first-order chi connectivity index (χ1) is 16.3. The zero-order valence-electron chi connectivity index (χ0n) is 18.6. The van der Waals surface area contributed by atoms with Crippen LogP contribution in [0.4, 0.5) is 5.69 Å². The maximum Gasteiger partial charge on any atom is 0.338 e. The van der Waals surface area contributed by atoms with Crippen molar-refractivity contribution < 1.29 is 38.2 Å². The number of hydrogen-bond donors (Lipinski definition) is 1. The summed E-state index contributed by atoms with van der Waals surface area (Å²) in [6.45, 7) is 2.99. The van der Waals surface area contributed by atoms with Crippen molar-refractivity contribution in [1.29, 1.82) is 0 Å². The Bertz CT molecular complexity index is 1220. The number of carbonyl (C=O) groups excluding carboxylic acids is 5. The van der Waals surface area contributed by atoms with Gasteiger partial charge in [0, 0.05) is 18.2 Å². The van der Waals surface area contributed by atoms with Crippen molar-refractivity contribution >= 4 is 35.2 Å². The fourth-order valence-electron chi connectivity index (χ4n) is 3.67. The van der Waals surface area contributed by atoms with Gasteiger partial charge in [0.15, 0.2) is 23.9 Å². The van der Waals surface area contributed by atoms with E-state index in [1.807, 2.05) is 6.92 Å². The van der Waals surface area contributed by atoms with Crippen LogP contribution in [0.1, 0.15) is 68.1 Å². The molecule has 0 bridgehead atoms. The Kier molecular flexibility index (Phi) is 6.31. The minimum atomic E-state index is -0.831. The molecule has 2 heterocycles. The number of hydrogen-bond acceptors (Lipinski definition) is 8. The lowest BCUT2D eigenvalue weighted by Crippen LogP contribution is -2.30. The number of carbonyl (C=O) groups is 5. The van der Waals surface area contributed by atoms with E-state index in [0.717, 1.165) is 11.3 Å². The third kappa shape index (κ3) is 4.34. The van der Waals surface area contributed by atoms with Crippen LogP contribution < -0.4 is 14.8 Å². The highest BCUT2D eigenvalue weighted by Crippen LogP contribution is 2.37. The summed E-state index contributed by atoms with van der Waals surface area (Å²) >= 11 is 0. The predicted molar refractivity (Wildman–Crippen MR) is 118 cm³/mol. The van der Waals surface area contributed by atoms with Crippen LogP contribution in [0.15, 0.2) is 30.3 Å². The van der Waals surface area contributed by atoms with E-state index >= 15 is 0 Å². The van der Waals surface area contributed by atoms with E-state index in [-0.39, 0.29) is 40.5 Å². The molecule has 1 N–H and O–H groups in total. The molecule has 0 fully saturated rings. The minimum absolute atomic E-state index is 0.00688. The second kappa shape index (κ2) is 9.34. The lowest BCUT2D eigenvalue weighted by Gasteiger charge is -2.12. The summed E-state index contributed by atoms with van der Waals surface area (Å²) in [6.07, 6.45) is 1.51. The Morgan fingerprint density at radius 1 is 1.03 bits per heavy atom. The van der Waals surface area contributed by atoms with Crippen LogP contribution >= 0.6 is 0 Å². The number of amides is 3. The molecule has 0 saturated carbocycles. The molecule has 4 rings (SSSR count). The Morgan fingerprint density at radius 3 is 2.44 bits per heavy atom. The molecule has 2 aromatic rings. The van der Waals surface area contributed by atoms with Gasteiger partial charge in [0.25, 0.3) is 17.7 Å². The van der Waals surface area contributed by atoms with Crippen LogP contribution in [0.25, 0.3) is 0 Å². The molecule has 3 amide bonds. The number of benzene rings is 2. The molecular weight excluding hydrogens is 444 g/mol. The number of nitrogens with one attached hydrogen (secondary N) is 1. The standard InChI is InChI=1S/C24H22N2O8/c1-3-4-7-26-22(29)15-6-5-14(8-17(15)23(26)30)24(31)32-11-21(28)25-18-10-20-19(33-12-34-20)9-16(18)13(2)27/h5-6,8-10H,3-4,7,11-12H2,1-2H3,(H,25,28). The molecule has 0 saturated heterocycles. The van der Waals surface area contributed by atoms with Crippen molar-refractivity contribution in [2.75, 3.05) is 25.3 Å². The molecule has 2 aliphatic heterocycles. The number of imide groups is 1. The van der Waals surface area contributed by atoms with Crippen LogP contribution in [0, 0.1) is 0 Å². The van der Waals surface area contributed by atoms with Crippen LogP contribution in [0.2, 0.25) is 0 Å². The fourth-order valence-corrected chi connectivity index (χ4v) is 3.67. The lowest BCUT2D eigenvalue weighted by molar-refractivity contribution is -0.119. The SMILES string of the molecule is CCCCN1C(=O)c2ccc(C(=O)OCC(=O)Nc3cc4c(cc3C(C)=O)OCO4)cc2C1=O. The maximum atomic E-state index is 12.6. The van der Waals surface area contributed by atoms with Crippen molar-refractivity contribution in [1.82, 2.24) is 4.90 Å². The summed E-state index contributed by atoms with van der Waals surface area (Å²) in [6, 6.07) is 7.02. The molecule has 2 aliphatic rings. The van der Waals surface area contributed by atoms with Gasteiger partial charge in [-0.1, -0.05) is 13.3 Å². The number of nitrogens with zero attached hydrogens (tertiary/aromatic N) is 1. The van der Waals surface area contributed by atoms with Crippen LogP contribution in [0.3, 0.4) is 0 Å². The van der Waals surface area contributed by atoms with Gasteiger partial charge in [-0.15, -0.1) is 0 Å². The van der Waals surface area contributed by atoms with Gasteiger partial charge >= 0.3 is 5.97 Å². The van der Waals surface area contributed by atoms with Gasteiger partial charge in [0.05, 0.1) is 22.4 Å². The number of anilines is 1. The number of ether oxygens (including phenoxy) is 3. The van der Waals surface area contributed by atoms with Crippen LogP contribution in [-0.4, -0.2) is 54.3 Å². The van der Waals surface area contributed by atoms with E-state index in [9.17, 15) is 24.0 Å². The third-order valence-corrected chi connectivity index (χ3v) is 5.44. The van der Waals surface area contributed by atoms with Gasteiger partial charge in [-0.25, -0.2) is 4.79 Å². The predicted octanol–water partition coefficient (Wildman–Crippen LogP) is 2.81. The maximum absolute atomic E-state index is 12.6. The van der Waals surface area contributed by atoms with Crippen molar-refractivity contribution in [3.05, 3.63) is 52.6 Å². The van der Waals surface area contributed by atoms with Crippen molar-refractivity contribution in [3.63, 3.8) is 0 Å². The molecule has 0 unspecified atom stereocenters. The molecule has 0 spiro atoms. The quantitative estimate of drug-likeness (QED) is 0.357. The van der Waals surface area contributed by atoms with Gasteiger partial charge in [-0.05, 0) is 37.6 Å². The third-order valence-electron chi connectivity index (χ3n) is 5.44. The van der Waals surface area contributed by atoms with Gasteiger partial charge in [-0.3, -0.25) is 24.1 Å². The van der Waals surface area contributed by atoms with E-state index < -0.39 is 30.3 Å². The summed E-state index contributed by atoms with van der Waals surface area (Å²) in [4.78, 5) is 62.9.